The van der Waals surface area contributed by atoms with Crippen molar-refractivity contribution in [3.05, 3.63) is 58.0 Å². The first-order chi connectivity index (χ1) is 11.9. The van der Waals surface area contributed by atoms with Crippen LogP contribution in [0.5, 0.6) is 0 Å². The highest BCUT2D eigenvalue weighted by Crippen LogP contribution is 2.23. The Morgan fingerprint density at radius 2 is 1.76 bits per heavy atom. The van der Waals surface area contributed by atoms with Crippen LogP contribution < -0.4 is 5.32 Å². The Morgan fingerprint density at radius 3 is 2.32 bits per heavy atom. The highest BCUT2D eigenvalue weighted by Gasteiger charge is 2.15. The second-order valence-electron chi connectivity index (χ2n) is 5.02. The van der Waals surface area contributed by atoms with Crippen molar-refractivity contribution in [3.8, 4) is 0 Å². The van der Waals surface area contributed by atoms with Gasteiger partial charge in [-0.05, 0) is 23.8 Å². The van der Waals surface area contributed by atoms with E-state index in [1.54, 1.807) is 36.0 Å². The van der Waals surface area contributed by atoms with Crippen LogP contribution in [-0.4, -0.2) is 30.5 Å². The van der Waals surface area contributed by atoms with Crippen LogP contribution in [0.4, 0.5) is 5.13 Å². The van der Waals surface area contributed by atoms with Crippen molar-refractivity contribution in [2.24, 2.45) is 0 Å². The molecule has 128 valence electrons. The number of anilines is 1. The molecule has 0 atom stereocenters. The van der Waals surface area contributed by atoms with Gasteiger partial charge >= 0.3 is 0 Å². The molecule has 0 fully saturated rings. The third kappa shape index (κ3) is 4.38. The van der Waals surface area contributed by atoms with E-state index in [4.69, 9.17) is 0 Å². The second-order valence-corrected chi connectivity index (χ2v) is 8.85. The molecule has 1 amide bonds. The summed E-state index contributed by atoms with van der Waals surface area (Å²) in [5, 5.41) is 7.48. The van der Waals surface area contributed by atoms with E-state index in [0.29, 0.717) is 21.3 Å². The maximum absolute atomic E-state index is 12.7. The molecule has 2 heterocycles. The molecule has 0 bridgehead atoms. The topological polar surface area (TPSA) is 89.0 Å². The summed E-state index contributed by atoms with van der Waals surface area (Å²) in [6.45, 7) is 0. The van der Waals surface area contributed by atoms with E-state index in [-0.39, 0.29) is 10.8 Å². The van der Waals surface area contributed by atoms with E-state index in [1.807, 2.05) is 5.38 Å². The van der Waals surface area contributed by atoms with Crippen LogP contribution in [0.15, 0.2) is 52.3 Å². The quantitative estimate of drug-likeness (QED) is 0.675. The molecule has 1 aromatic carbocycles. The molecule has 0 spiro atoms. The van der Waals surface area contributed by atoms with E-state index < -0.39 is 9.84 Å². The number of rotatable bonds is 5. The Morgan fingerprint density at radius 1 is 1.08 bits per heavy atom. The predicted molar refractivity (Wildman–Crippen MR) is 100 cm³/mol. The molecule has 9 heteroatoms. The standard InChI is InChI=1S/C16H13N3O3S3/c1-25(21,22)12-4-2-11(3-5-12)13(10-14-17-6-8-23-14)15(20)19-16-18-7-9-24-16/h2-10H,1H3,(H,18,19,20)/b13-10+. The van der Waals surface area contributed by atoms with Crippen LogP contribution in [0.25, 0.3) is 11.6 Å². The highest BCUT2D eigenvalue weighted by molar-refractivity contribution is 7.90. The summed E-state index contributed by atoms with van der Waals surface area (Å²) in [6.07, 6.45) is 6.07. The summed E-state index contributed by atoms with van der Waals surface area (Å²) in [7, 11) is -3.30. The van der Waals surface area contributed by atoms with Crippen molar-refractivity contribution in [1.29, 1.82) is 0 Å². The average molecular weight is 391 g/mol. The van der Waals surface area contributed by atoms with Gasteiger partial charge in [0, 0.05) is 35.0 Å². The van der Waals surface area contributed by atoms with E-state index >= 15 is 0 Å². The number of aromatic nitrogens is 2. The summed E-state index contributed by atoms with van der Waals surface area (Å²) in [6, 6.07) is 6.18. The highest BCUT2D eigenvalue weighted by atomic mass is 32.2. The van der Waals surface area contributed by atoms with Gasteiger partial charge in [0.25, 0.3) is 5.91 Å². The van der Waals surface area contributed by atoms with Gasteiger partial charge < -0.3 is 0 Å². The summed E-state index contributed by atoms with van der Waals surface area (Å²) >= 11 is 2.72. The number of sulfone groups is 1. The van der Waals surface area contributed by atoms with Gasteiger partial charge in [-0.2, -0.15) is 0 Å². The number of amides is 1. The molecule has 0 aliphatic heterocycles. The molecule has 0 aliphatic carbocycles. The lowest BCUT2D eigenvalue weighted by Crippen LogP contribution is -2.13. The van der Waals surface area contributed by atoms with Crippen LogP contribution in [0.3, 0.4) is 0 Å². The van der Waals surface area contributed by atoms with Crippen molar-refractivity contribution in [2.75, 3.05) is 11.6 Å². The normalized spacial score (nSPS) is 12.1. The van der Waals surface area contributed by atoms with Gasteiger partial charge in [-0.15, -0.1) is 22.7 Å². The Balaban J connectivity index is 1.98. The monoisotopic (exact) mass is 391 g/mol. The van der Waals surface area contributed by atoms with Gasteiger partial charge in [0.05, 0.1) is 4.90 Å². The van der Waals surface area contributed by atoms with Crippen LogP contribution in [0, 0.1) is 0 Å². The number of nitrogens with one attached hydrogen (secondary N) is 1. The zero-order valence-electron chi connectivity index (χ0n) is 13.0. The van der Waals surface area contributed by atoms with E-state index in [9.17, 15) is 13.2 Å². The minimum Gasteiger partial charge on any atom is -0.298 e. The molecule has 25 heavy (non-hydrogen) atoms. The van der Waals surface area contributed by atoms with Crippen LogP contribution in [0.1, 0.15) is 10.6 Å². The Labute approximate surface area is 152 Å². The lowest BCUT2D eigenvalue weighted by atomic mass is 10.1. The summed E-state index contributed by atoms with van der Waals surface area (Å²) in [4.78, 5) is 21.1. The molecule has 3 rings (SSSR count). The first-order valence-electron chi connectivity index (χ1n) is 7.06. The number of carbonyl (C=O) groups excluding carboxylic acids is 1. The molecular weight excluding hydrogens is 378 g/mol. The SMILES string of the molecule is CS(=O)(=O)c1ccc(/C(=C\c2nccs2)C(=O)Nc2nccs2)cc1. The minimum absolute atomic E-state index is 0.199. The Bertz CT molecular complexity index is 991. The van der Waals surface area contributed by atoms with Gasteiger partial charge in [-0.25, -0.2) is 18.4 Å². The number of nitrogens with zero attached hydrogens (tertiary/aromatic N) is 2. The van der Waals surface area contributed by atoms with E-state index in [1.165, 1.54) is 34.8 Å². The van der Waals surface area contributed by atoms with E-state index in [0.717, 1.165) is 6.26 Å². The third-order valence-corrected chi connectivity index (χ3v) is 5.75. The van der Waals surface area contributed by atoms with Crippen molar-refractivity contribution in [1.82, 2.24) is 9.97 Å². The fraction of sp³-hybridized carbons (Fsp3) is 0.0625. The second kappa shape index (κ2) is 7.26. The molecule has 0 aliphatic rings. The van der Waals surface area contributed by atoms with Gasteiger partial charge in [-0.1, -0.05) is 12.1 Å². The lowest BCUT2D eigenvalue weighted by molar-refractivity contribution is -0.111. The number of hydrogen-bond acceptors (Lipinski definition) is 7. The van der Waals surface area contributed by atoms with Gasteiger partial charge in [0.1, 0.15) is 5.01 Å². The van der Waals surface area contributed by atoms with Gasteiger partial charge in [0.2, 0.25) is 0 Å². The van der Waals surface area contributed by atoms with Crippen LogP contribution in [0.2, 0.25) is 0 Å². The molecule has 0 radical (unpaired) electrons. The minimum atomic E-state index is -3.30. The van der Waals surface area contributed by atoms with Gasteiger partial charge in [-0.3, -0.25) is 10.1 Å². The fourth-order valence-electron chi connectivity index (χ4n) is 2.04. The molecule has 0 unspecified atom stereocenters. The van der Waals surface area contributed by atoms with Crippen LogP contribution in [-0.2, 0) is 14.6 Å². The maximum atomic E-state index is 12.7. The fourth-order valence-corrected chi connectivity index (χ4v) is 3.76. The zero-order valence-corrected chi connectivity index (χ0v) is 15.5. The molecule has 2 aromatic heterocycles. The molecule has 3 aromatic rings. The van der Waals surface area contributed by atoms with Crippen molar-refractivity contribution >= 4 is 55.2 Å². The lowest BCUT2D eigenvalue weighted by Gasteiger charge is -2.08. The largest absolute Gasteiger partial charge is 0.298 e. The predicted octanol–water partition coefficient (Wildman–Crippen LogP) is 3.18. The summed E-state index contributed by atoms with van der Waals surface area (Å²) in [5.41, 5.74) is 0.974. The zero-order chi connectivity index (χ0) is 17.9. The Hall–Kier alpha value is -2.36. The molecule has 0 saturated carbocycles. The molecule has 0 saturated heterocycles. The smallest absolute Gasteiger partial charge is 0.258 e. The molecule has 6 nitrogen and oxygen atoms in total. The first kappa shape index (κ1) is 17.5. The molecular formula is C16H13N3O3S3. The number of carbonyl (C=O) groups is 1. The number of benzene rings is 1. The first-order valence-corrected chi connectivity index (χ1v) is 10.7. The number of hydrogen-bond donors (Lipinski definition) is 1. The summed E-state index contributed by atoms with van der Waals surface area (Å²) < 4.78 is 23.2. The third-order valence-electron chi connectivity index (χ3n) is 3.21. The number of thiazole rings is 2. The maximum Gasteiger partial charge on any atom is 0.258 e. The average Bonchev–Trinajstić information content (AvgIpc) is 3.25. The van der Waals surface area contributed by atoms with Gasteiger partial charge in [0.15, 0.2) is 15.0 Å². The Kier molecular flexibility index (Phi) is 5.07. The summed E-state index contributed by atoms with van der Waals surface area (Å²) in [5.74, 6) is -0.336. The van der Waals surface area contributed by atoms with Crippen LogP contribution >= 0.6 is 22.7 Å². The van der Waals surface area contributed by atoms with Crippen molar-refractivity contribution in [2.45, 2.75) is 4.90 Å². The van der Waals surface area contributed by atoms with Crippen molar-refractivity contribution in [3.63, 3.8) is 0 Å². The van der Waals surface area contributed by atoms with Crippen molar-refractivity contribution < 1.29 is 13.2 Å². The molecule has 1 N–H and O–H groups in total. The van der Waals surface area contributed by atoms with E-state index in [2.05, 4.69) is 15.3 Å².